The number of hydrogen-bond donors (Lipinski definition) is 0. The van der Waals surface area contributed by atoms with Crippen molar-refractivity contribution in [3.8, 4) is 0 Å². The lowest BCUT2D eigenvalue weighted by Gasteiger charge is -2.41. The standard InChI is InChI=1S/C11H13BrO/c1-13-11(6-3-7-11)9-4-2-5-10(12)8-9/h2,4-5,8H,3,6-7H2,1H3. The van der Waals surface area contributed by atoms with Crippen LogP contribution in [0.5, 0.6) is 0 Å². The molecular weight excluding hydrogens is 228 g/mol. The van der Waals surface area contributed by atoms with Gasteiger partial charge in [0.15, 0.2) is 0 Å². The minimum absolute atomic E-state index is 0.0176. The van der Waals surface area contributed by atoms with Gasteiger partial charge in [-0.3, -0.25) is 0 Å². The van der Waals surface area contributed by atoms with E-state index in [0.717, 1.165) is 17.3 Å². The molecule has 1 aliphatic carbocycles. The Morgan fingerprint density at radius 2 is 2.15 bits per heavy atom. The molecule has 1 fully saturated rings. The van der Waals surface area contributed by atoms with Crippen molar-refractivity contribution >= 4 is 15.9 Å². The van der Waals surface area contributed by atoms with Gasteiger partial charge in [-0.05, 0) is 37.0 Å². The minimum Gasteiger partial charge on any atom is -0.374 e. The fraction of sp³-hybridized carbons (Fsp3) is 0.455. The first-order valence-corrected chi connectivity index (χ1v) is 5.37. The zero-order chi connectivity index (χ0) is 9.31. The monoisotopic (exact) mass is 240 g/mol. The van der Waals surface area contributed by atoms with Crippen LogP contribution in [0.4, 0.5) is 0 Å². The number of methoxy groups -OCH3 is 1. The molecule has 2 rings (SSSR count). The first-order valence-electron chi connectivity index (χ1n) is 4.58. The second kappa shape index (κ2) is 3.43. The summed E-state index contributed by atoms with van der Waals surface area (Å²) < 4.78 is 6.73. The molecule has 1 aromatic carbocycles. The maximum absolute atomic E-state index is 5.59. The Balaban J connectivity index is 2.33. The molecule has 0 amide bonds. The van der Waals surface area contributed by atoms with E-state index in [9.17, 15) is 0 Å². The van der Waals surface area contributed by atoms with E-state index in [2.05, 4.69) is 34.1 Å². The van der Waals surface area contributed by atoms with Crippen LogP contribution in [0.2, 0.25) is 0 Å². The van der Waals surface area contributed by atoms with Crippen molar-refractivity contribution in [2.24, 2.45) is 0 Å². The first-order chi connectivity index (χ1) is 6.27. The summed E-state index contributed by atoms with van der Waals surface area (Å²) in [7, 11) is 1.81. The normalized spacial score (nSPS) is 19.5. The zero-order valence-corrected chi connectivity index (χ0v) is 9.30. The molecule has 1 saturated carbocycles. The largest absolute Gasteiger partial charge is 0.374 e. The number of hydrogen-bond acceptors (Lipinski definition) is 1. The summed E-state index contributed by atoms with van der Waals surface area (Å²) in [6, 6.07) is 8.42. The summed E-state index contributed by atoms with van der Waals surface area (Å²) >= 11 is 3.48. The first kappa shape index (κ1) is 9.22. The summed E-state index contributed by atoms with van der Waals surface area (Å²) in [6.07, 6.45) is 3.58. The van der Waals surface area contributed by atoms with Crippen molar-refractivity contribution in [3.63, 3.8) is 0 Å². The van der Waals surface area contributed by atoms with E-state index in [-0.39, 0.29) is 5.60 Å². The molecule has 2 heteroatoms. The van der Waals surface area contributed by atoms with Gasteiger partial charge in [-0.15, -0.1) is 0 Å². The number of halogens is 1. The summed E-state index contributed by atoms with van der Waals surface area (Å²) in [5.74, 6) is 0. The molecule has 0 saturated heterocycles. The average molecular weight is 241 g/mol. The summed E-state index contributed by atoms with van der Waals surface area (Å²) in [4.78, 5) is 0. The Labute approximate surface area is 87.2 Å². The molecule has 13 heavy (non-hydrogen) atoms. The fourth-order valence-electron chi connectivity index (χ4n) is 1.88. The van der Waals surface area contributed by atoms with Crippen molar-refractivity contribution in [2.75, 3.05) is 7.11 Å². The van der Waals surface area contributed by atoms with E-state index in [4.69, 9.17) is 4.74 Å². The van der Waals surface area contributed by atoms with Gasteiger partial charge in [0.1, 0.15) is 0 Å². The predicted molar refractivity (Wildman–Crippen MR) is 56.7 cm³/mol. The van der Waals surface area contributed by atoms with Crippen LogP contribution < -0.4 is 0 Å². The average Bonchev–Trinajstić information content (AvgIpc) is 2.03. The van der Waals surface area contributed by atoms with Gasteiger partial charge in [0.25, 0.3) is 0 Å². The molecule has 0 heterocycles. The summed E-state index contributed by atoms with van der Waals surface area (Å²) in [5.41, 5.74) is 1.32. The van der Waals surface area contributed by atoms with E-state index in [0.29, 0.717) is 0 Å². The lowest BCUT2D eigenvalue weighted by atomic mass is 9.75. The Kier molecular flexibility index (Phi) is 2.43. The van der Waals surface area contributed by atoms with Crippen LogP contribution in [-0.4, -0.2) is 7.11 Å². The molecule has 0 unspecified atom stereocenters. The molecule has 0 N–H and O–H groups in total. The van der Waals surface area contributed by atoms with Gasteiger partial charge in [0, 0.05) is 11.6 Å². The quantitative estimate of drug-likeness (QED) is 0.770. The lowest BCUT2D eigenvalue weighted by Crippen LogP contribution is -2.35. The summed E-state index contributed by atoms with van der Waals surface area (Å²) in [6.45, 7) is 0. The van der Waals surface area contributed by atoms with Crippen molar-refractivity contribution in [1.82, 2.24) is 0 Å². The molecule has 0 aliphatic heterocycles. The van der Waals surface area contributed by atoms with E-state index < -0.39 is 0 Å². The third-order valence-electron chi connectivity index (χ3n) is 2.90. The van der Waals surface area contributed by atoms with Crippen molar-refractivity contribution < 1.29 is 4.74 Å². The number of benzene rings is 1. The smallest absolute Gasteiger partial charge is 0.0928 e. The van der Waals surface area contributed by atoms with Gasteiger partial charge in [-0.25, -0.2) is 0 Å². The Bertz CT molecular complexity index is 299. The fourth-order valence-corrected chi connectivity index (χ4v) is 2.28. The Morgan fingerprint density at radius 1 is 1.38 bits per heavy atom. The second-order valence-electron chi connectivity index (χ2n) is 3.56. The predicted octanol–water partition coefficient (Wildman–Crippen LogP) is 3.47. The SMILES string of the molecule is COC1(c2cccc(Br)c2)CCC1. The zero-order valence-electron chi connectivity index (χ0n) is 7.72. The van der Waals surface area contributed by atoms with Crippen LogP contribution >= 0.6 is 15.9 Å². The highest BCUT2D eigenvalue weighted by molar-refractivity contribution is 9.10. The van der Waals surface area contributed by atoms with Crippen molar-refractivity contribution in [2.45, 2.75) is 24.9 Å². The number of rotatable bonds is 2. The van der Waals surface area contributed by atoms with Gasteiger partial charge in [-0.1, -0.05) is 28.1 Å². The molecule has 70 valence electrons. The molecule has 0 atom stereocenters. The highest BCUT2D eigenvalue weighted by Gasteiger charge is 2.38. The van der Waals surface area contributed by atoms with Crippen LogP contribution in [0.25, 0.3) is 0 Å². The molecule has 0 radical (unpaired) electrons. The van der Waals surface area contributed by atoms with E-state index in [1.807, 2.05) is 6.07 Å². The minimum atomic E-state index is 0.0176. The van der Waals surface area contributed by atoms with Crippen molar-refractivity contribution in [1.29, 1.82) is 0 Å². The molecule has 1 aliphatic rings. The molecular formula is C11H13BrO. The molecule has 1 nitrogen and oxygen atoms in total. The van der Waals surface area contributed by atoms with Gasteiger partial charge in [-0.2, -0.15) is 0 Å². The topological polar surface area (TPSA) is 9.23 Å². The third-order valence-corrected chi connectivity index (χ3v) is 3.40. The summed E-state index contributed by atoms with van der Waals surface area (Å²) in [5, 5.41) is 0. The lowest BCUT2D eigenvalue weighted by molar-refractivity contribution is -0.0779. The Morgan fingerprint density at radius 3 is 2.62 bits per heavy atom. The van der Waals surface area contributed by atoms with E-state index in [1.165, 1.54) is 12.0 Å². The highest BCUT2D eigenvalue weighted by atomic mass is 79.9. The third kappa shape index (κ3) is 1.53. The van der Waals surface area contributed by atoms with Crippen LogP contribution in [0.15, 0.2) is 28.7 Å². The molecule has 0 bridgehead atoms. The Hall–Kier alpha value is -0.340. The van der Waals surface area contributed by atoms with Crippen LogP contribution in [-0.2, 0) is 10.3 Å². The van der Waals surface area contributed by atoms with Crippen LogP contribution in [0, 0.1) is 0 Å². The maximum atomic E-state index is 5.59. The van der Waals surface area contributed by atoms with Gasteiger partial charge >= 0.3 is 0 Å². The van der Waals surface area contributed by atoms with Gasteiger partial charge in [0.05, 0.1) is 5.60 Å². The molecule has 1 aromatic rings. The van der Waals surface area contributed by atoms with Crippen molar-refractivity contribution in [3.05, 3.63) is 34.3 Å². The van der Waals surface area contributed by atoms with E-state index >= 15 is 0 Å². The van der Waals surface area contributed by atoms with E-state index in [1.54, 1.807) is 7.11 Å². The maximum Gasteiger partial charge on any atom is 0.0928 e. The van der Waals surface area contributed by atoms with Crippen LogP contribution in [0.1, 0.15) is 24.8 Å². The second-order valence-corrected chi connectivity index (χ2v) is 4.48. The number of ether oxygens (including phenoxy) is 1. The highest BCUT2D eigenvalue weighted by Crippen LogP contribution is 2.44. The molecule has 0 aromatic heterocycles. The van der Waals surface area contributed by atoms with Gasteiger partial charge in [0.2, 0.25) is 0 Å². The van der Waals surface area contributed by atoms with Gasteiger partial charge < -0.3 is 4.74 Å². The van der Waals surface area contributed by atoms with Crippen LogP contribution in [0.3, 0.4) is 0 Å². The molecule has 0 spiro atoms.